The molecule has 0 saturated heterocycles. The van der Waals surface area contributed by atoms with Gasteiger partial charge in [-0.05, 0) is 0 Å². The van der Waals surface area contributed by atoms with E-state index in [0.29, 0.717) is 21.2 Å². The van der Waals surface area contributed by atoms with E-state index in [1.165, 1.54) is 25.7 Å². The average molecular weight is 237 g/mol. The van der Waals surface area contributed by atoms with Crippen LogP contribution in [0.5, 0.6) is 0 Å². The zero-order chi connectivity index (χ0) is 6.69. The van der Waals surface area contributed by atoms with Gasteiger partial charge < -0.3 is 0 Å². The molecule has 0 aromatic heterocycles. The molecule has 1 heteroatoms. The SMILES string of the molecule is CCC1=C([I-]C)CCC1. The number of alkyl halides is 1. The second-order valence-corrected chi connectivity index (χ2v) is 4.79. The predicted molar refractivity (Wildman–Crippen MR) is 37.1 cm³/mol. The number of halogens is 1. The molecule has 0 atom stereocenters. The zero-order valence-corrected chi connectivity index (χ0v) is 8.36. The Morgan fingerprint density at radius 1 is 1.44 bits per heavy atom. The van der Waals surface area contributed by atoms with Crippen molar-refractivity contribution in [1.29, 1.82) is 0 Å². The van der Waals surface area contributed by atoms with Gasteiger partial charge in [-0.1, -0.05) is 0 Å². The number of hydrogen-bond donors (Lipinski definition) is 0. The minimum atomic E-state index is 0.437. The fraction of sp³-hybridized carbons (Fsp3) is 0.750. The van der Waals surface area contributed by atoms with Crippen molar-refractivity contribution in [3.63, 3.8) is 0 Å². The van der Waals surface area contributed by atoms with Gasteiger partial charge >= 0.3 is 67.9 Å². The van der Waals surface area contributed by atoms with Gasteiger partial charge in [0.25, 0.3) is 0 Å². The van der Waals surface area contributed by atoms with Gasteiger partial charge in [-0.2, -0.15) is 0 Å². The Labute approximate surface area is 68.0 Å². The van der Waals surface area contributed by atoms with Crippen LogP contribution in [-0.4, -0.2) is 4.93 Å². The van der Waals surface area contributed by atoms with Gasteiger partial charge in [0.15, 0.2) is 0 Å². The van der Waals surface area contributed by atoms with Gasteiger partial charge in [-0.25, -0.2) is 0 Å². The van der Waals surface area contributed by atoms with Crippen molar-refractivity contribution >= 4 is 0 Å². The van der Waals surface area contributed by atoms with Gasteiger partial charge in [-0.3, -0.25) is 0 Å². The van der Waals surface area contributed by atoms with E-state index in [-0.39, 0.29) is 0 Å². The molecule has 0 spiro atoms. The summed E-state index contributed by atoms with van der Waals surface area (Å²) in [5.74, 6) is 0. The van der Waals surface area contributed by atoms with Crippen LogP contribution < -0.4 is 21.2 Å². The Morgan fingerprint density at radius 2 is 2.22 bits per heavy atom. The van der Waals surface area contributed by atoms with Crippen LogP contribution in [0.4, 0.5) is 0 Å². The molecule has 0 N–H and O–H groups in total. The second-order valence-electron chi connectivity index (χ2n) is 2.40. The summed E-state index contributed by atoms with van der Waals surface area (Å²) in [6.07, 6.45) is 5.63. The molecule has 0 bridgehead atoms. The first-order valence-electron chi connectivity index (χ1n) is 3.58. The van der Waals surface area contributed by atoms with Gasteiger partial charge in [-0.15, -0.1) is 0 Å². The van der Waals surface area contributed by atoms with E-state index in [1.54, 1.807) is 5.57 Å². The molecule has 0 nitrogen and oxygen atoms in total. The van der Waals surface area contributed by atoms with Crippen molar-refractivity contribution < 1.29 is 21.2 Å². The molecule has 9 heavy (non-hydrogen) atoms. The second kappa shape index (κ2) is 3.59. The van der Waals surface area contributed by atoms with E-state index in [2.05, 4.69) is 11.9 Å². The monoisotopic (exact) mass is 237 g/mol. The summed E-state index contributed by atoms with van der Waals surface area (Å²) in [5.41, 5.74) is 1.80. The zero-order valence-electron chi connectivity index (χ0n) is 6.21. The van der Waals surface area contributed by atoms with E-state index in [1.807, 2.05) is 3.58 Å². The van der Waals surface area contributed by atoms with E-state index in [4.69, 9.17) is 0 Å². The Morgan fingerprint density at radius 3 is 2.67 bits per heavy atom. The predicted octanol–water partition coefficient (Wildman–Crippen LogP) is -0.447. The Hall–Kier alpha value is 0.470. The third kappa shape index (κ3) is 1.69. The molecular formula is C8H14I-. The van der Waals surface area contributed by atoms with E-state index in [9.17, 15) is 0 Å². The molecule has 0 fully saturated rings. The van der Waals surface area contributed by atoms with Crippen molar-refractivity contribution in [2.24, 2.45) is 0 Å². The van der Waals surface area contributed by atoms with Crippen molar-refractivity contribution in [3.05, 3.63) is 9.15 Å². The molecule has 0 aromatic carbocycles. The molecule has 0 aromatic rings. The number of hydrogen-bond acceptors (Lipinski definition) is 0. The maximum atomic E-state index is 2.38. The molecule has 1 aliphatic rings. The van der Waals surface area contributed by atoms with Crippen LogP contribution in [0.15, 0.2) is 9.15 Å². The van der Waals surface area contributed by atoms with E-state index >= 15 is 0 Å². The summed E-state index contributed by atoms with van der Waals surface area (Å²) in [6, 6.07) is 0. The minimum absolute atomic E-state index is 0.437. The van der Waals surface area contributed by atoms with Crippen molar-refractivity contribution in [1.82, 2.24) is 0 Å². The maximum absolute atomic E-state index is 2.38. The number of allylic oxidation sites excluding steroid dienone is 2. The molecule has 1 rings (SSSR count). The van der Waals surface area contributed by atoms with Crippen molar-refractivity contribution in [3.8, 4) is 0 Å². The summed E-state index contributed by atoms with van der Waals surface area (Å²) < 4.78 is 1.86. The quantitative estimate of drug-likeness (QED) is 0.451. The van der Waals surface area contributed by atoms with Gasteiger partial charge in [0.2, 0.25) is 0 Å². The molecule has 0 radical (unpaired) electrons. The molecule has 1 aliphatic carbocycles. The van der Waals surface area contributed by atoms with Crippen LogP contribution in [0.25, 0.3) is 0 Å². The summed E-state index contributed by atoms with van der Waals surface area (Å²) in [7, 11) is 0. The summed E-state index contributed by atoms with van der Waals surface area (Å²) in [5, 5.41) is 0. The summed E-state index contributed by atoms with van der Waals surface area (Å²) in [6.45, 7) is 2.29. The first-order chi connectivity index (χ1) is 4.38. The van der Waals surface area contributed by atoms with E-state index < -0.39 is 0 Å². The van der Waals surface area contributed by atoms with Gasteiger partial charge in [0, 0.05) is 0 Å². The fourth-order valence-corrected chi connectivity index (χ4v) is 3.70. The van der Waals surface area contributed by atoms with Gasteiger partial charge in [0.1, 0.15) is 0 Å². The average Bonchev–Trinajstić information content (AvgIpc) is 2.33. The van der Waals surface area contributed by atoms with Crippen LogP contribution in [0, 0.1) is 0 Å². The molecular weight excluding hydrogens is 223 g/mol. The fourth-order valence-electron chi connectivity index (χ4n) is 1.37. The van der Waals surface area contributed by atoms with Crippen LogP contribution in [0.2, 0.25) is 0 Å². The van der Waals surface area contributed by atoms with Crippen LogP contribution in [0.3, 0.4) is 0 Å². The molecule has 0 aliphatic heterocycles. The standard InChI is InChI=1S/C8H14I/c1-3-7-5-4-6-8(7)9-2/h3-6H2,1-2H3/q-1. The van der Waals surface area contributed by atoms with E-state index in [0.717, 1.165) is 0 Å². The summed E-state index contributed by atoms with van der Waals surface area (Å²) in [4.78, 5) is 2.38. The van der Waals surface area contributed by atoms with Crippen LogP contribution in [0.1, 0.15) is 32.6 Å². The summed E-state index contributed by atoms with van der Waals surface area (Å²) >= 11 is 0.437. The topological polar surface area (TPSA) is 0 Å². The molecule has 0 unspecified atom stereocenters. The molecule has 0 saturated carbocycles. The third-order valence-corrected chi connectivity index (χ3v) is 4.52. The Balaban J connectivity index is 2.59. The third-order valence-electron chi connectivity index (χ3n) is 1.91. The normalized spacial score (nSPS) is 19.8. The van der Waals surface area contributed by atoms with Crippen LogP contribution in [-0.2, 0) is 0 Å². The first-order valence-corrected chi connectivity index (χ1v) is 6.82. The van der Waals surface area contributed by atoms with Crippen molar-refractivity contribution in [2.45, 2.75) is 32.6 Å². The Kier molecular flexibility index (Phi) is 3.02. The molecule has 0 heterocycles. The number of rotatable bonds is 2. The Bertz CT molecular complexity index is 111. The molecule has 0 amide bonds. The first kappa shape index (κ1) is 7.58. The van der Waals surface area contributed by atoms with Gasteiger partial charge in [0.05, 0.1) is 0 Å². The molecule has 54 valence electrons. The van der Waals surface area contributed by atoms with Crippen molar-refractivity contribution in [2.75, 3.05) is 4.93 Å². The van der Waals surface area contributed by atoms with Crippen LogP contribution >= 0.6 is 0 Å².